The van der Waals surface area contributed by atoms with Crippen LogP contribution in [0.1, 0.15) is 35.6 Å². The molecule has 0 aromatic heterocycles. The minimum absolute atomic E-state index is 0.0479. The quantitative estimate of drug-likeness (QED) is 0.770. The van der Waals surface area contributed by atoms with E-state index >= 15 is 0 Å². The number of anilines is 1. The van der Waals surface area contributed by atoms with Gasteiger partial charge in [0, 0.05) is 48.9 Å². The first kappa shape index (κ1) is 20.9. The average molecular weight is 429 g/mol. The summed E-state index contributed by atoms with van der Waals surface area (Å²) in [6.07, 6.45) is 1.34. The lowest BCUT2D eigenvalue weighted by molar-refractivity contribution is -0.148. The van der Waals surface area contributed by atoms with Crippen LogP contribution in [0.15, 0.2) is 24.3 Å². The number of ether oxygens (including phenoxy) is 1. The van der Waals surface area contributed by atoms with Gasteiger partial charge in [0.25, 0.3) is 5.91 Å². The summed E-state index contributed by atoms with van der Waals surface area (Å²) in [6, 6.07) is 7.83. The van der Waals surface area contributed by atoms with Crippen molar-refractivity contribution in [2.75, 3.05) is 31.1 Å². The minimum atomic E-state index is -0.879. The number of amides is 1. The topological polar surface area (TPSA) is 53.0 Å². The number of hydrogen-bond donors (Lipinski definition) is 1. The van der Waals surface area contributed by atoms with Gasteiger partial charge in [-0.25, -0.2) is 0 Å². The Morgan fingerprint density at radius 1 is 1.03 bits per heavy atom. The number of halogens is 1. The van der Waals surface area contributed by atoms with Crippen molar-refractivity contribution in [3.05, 3.63) is 51.5 Å². The van der Waals surface area contributed by atoms with Gasteiger partial charge in [0.2, 0.25) is 0 Å². The molecule has 2 aromatic rings. The number of aromatic hydroxyl groups is 1. The molecule has 1 N–H and O–H groups in total. The van der Waals surface area contributed by atoms with E-state index in [-0.39, 0.29) is 5.91 Å². The lowest BCUT2D eigenvalue weighted by atomic mass is 9.86. The lowest BCUT2D eigenvalue weighted by Gasteiger charge is -2.42. The summed E-state index contributed by atoms with van der Waals surface area (Å²) in [5.41, 5.74) is 3.87. The predicted molar refractivity (Wildman–Crippen MR) is 120 cm³/mol. The molecule has 0 spiro atoms. The summed E-state index contributed by atoms with van der Waals surface area (Å²) in [4.78, 5) is 17.6. The molecule has 1 fully saturated rings. The molecule has 160 valence electrons. The van der Waals surface area contributed by atoms with Crippen LogP contribution in [0.2, 0.25) is 5.02 Å². The Morgan fingerprint density at radius 3 is 2.30 bits per heavy atom. The number of rotatable bonds is 2. The van der Waals surface area contributed by atoms with E-state index in [1.807, 2.05) is 56.9 Å². The summed E-state index contributed by atoms with van der Waals surface area (Å²) in [5, 5.41) is 11.1. The molecule has 2 heterocycles. The van der Waals surface area contributed by atoms with Crippen molar-refractivity contribution in [2.24, 2.45) is 0 Å². The molecule has 0 saturated carbocycles. The van der Waals surface area contributed by atoms with Crippen LogP contribution in [-0.2, 0) is 11.2 Å². The molecule has 2 aliphatic heterocycles. The van der Waals surface area contributed by atoms with Gasteiger partial charge in [-0.1, -0.05) is 11.6 Å². The maximum atomic E-state index is 13.4. The monoisotopic (exact) mass is 428 g/mol. The Balaban J connectivity index is 1.49. The van der Waals surface area contributed by atoms with Gasteiger partial charge in [-0.2, -0.15) is 0 Å². The zero-order chi connectivity index (χ0) is 21.6. The summed E-state index contributed by atoms with van der Waals surface area (Å²) in [5.74, 6) is 1.15. The fraction of sp³-hybridized carbons (Fsp3) is 0.458. The van der Waals surface area contributed by atoms with Crippen molar-refractivity contribution in [3.63, 3.8) is 0 Å². The first-order chi connectivity index (χ1) is 14.2. The smallest absolute Gasteiger partial charge is 0.266 e. The minimum Gasteiger partial charge on any atom is -0.507 e. The summed E-state index contributed by atoms with van der Waals surface area (Å²) < 4.78 is 6.38. The third kappa shape index (κ3) is 3.49. The second-order valence-electron chi connectivity index (χ2n) is 8.62. The molecule has 2 aromatic carbocycles. The van der Waals surface area contributed by atoms with Crippen LogP contribution in [0, 0.1) is 20.8 Å². The zero-order valence-electron chi connectivity index (χ0n) is 18.1. The van der Waals surface area contributed by atoms with E-state index in [0.717, 1.165) is 58.2 Å². The molecular weight excluding hydrogens is 400 g/mol. The first-order valence-corrected chi connectivity index (χ1v) is 10.9. The number of hydrogen-bond acceptors (Lipinski definition) is 4. The zero-order valence-corrected chi connectivity index (χ0v) is 18.8. The summed E-state index contributed by atoms with van der Waals surface area (Å²) in [6.45, 7) is 10.6. The molecule has 1 atom stereocenters. The molecule has 1 amide bonds. The van der Waals surface area contributed by atoms with E-state index in [4.69, 9.17) is 16.3 Å². The van der Waals surface area contributed by atoms with Crippen LogP contribution in [0.4, 0.5) is 5.69 Å². The van der Waals surface area contributed by atoms with Gasteiger partial charge in [-0.05, 0) is 75.1 Å². The molecule has 4 rings (SSSR count). The number of nitrogens with zero attached hydrogens (tertiary/aromatic N) is 2. The Bertz CT molecular complexity index is 981. The largest absolute Gasteiger partial charge is 0.507 e. The van der Waals surface area contributed by atoms with Gasteiger partial charge in [-0.15, -0.1) is 0 Å². The van der Waals surface area contributed by atoms with Crippen LogP contribution < -0.4 is 9.64 Å². The van der Waals surface area contributed by atoms with E-state index in [1.54, 1.807) is 0 Å². The van der Waals surface area contributed by atoms with Gasteiger partial charge in [-0.3, -0.25) is 4.79 Å². The molecule has 1 unspecified atom stereocenters. The maximum Gasteiger partial charge on any atom is 0.266 e. The molecule has 2 aliphatic rings. The molecule has 6 heteroatoms. The third-order valence-electron chi connectivity index (χ3n) is 6.73. The molecule has 30 heavy (non-hydrogen) atoms. The highest BCUT2D eigenvalue weighted by Gasteiger charge is 2.43. The van der Waals surface area contributed by atoms with Crippen LogP contribution in [0.5, 0.6) is 11.5 Å². The van der Waals surface area contributed by atoms with E-state index < -0.39 is 5.60 Å². The van der Waals surface area contributed by atoms with Crippen molar-refractivity contribution in [3.8, 4) is 11.5 Å². The van der Waals surface area contributed by atoms with Gasteiger partial charge in [0.05, 0.1) is 0 Å². The van der Waals surface area contributed by atoms with Gasteiger partial charge in [0.15, 0.2) is 5.60 Å². The highest BCUT2D eigenvalue weighted by molar-refractivity contribution is 6.30. The summed E-state index contributed by atoms with van der Waals surface area (Å²) >= 11 is 5.99. The second-order valence-corrected chi connectivity index (χ2v) is 9.06. The van der Waals surface area contributed by atoms with Gasteiger partial charge in [0.1, 0.15) is 11.5 Å². The number of carbonyl (C=O) groups is 1. The van der Waals surface area contributed by atoms with Crippen molar-refractivity contribution in [1.82, 2.24) is 4.90 Å². The van der Waals surface area contributed by atoms with E-state index in [1.165, 1.54) is 0 Å². The molecule has 1 saturated heterocycles. The fourth-order valence-electron chi connectivity index (χ4n) is 4.55. The van der Waals surface area contributed by atoms with Crippen molar-refractivity contribution >= 4 is 23.2 Å². The van der Waals surface area contributed by atoms with E-state index in [0.29, 0.717) is 25.3 Å². The SMILES string of the molecule is Cc1c(C)c2c(c(C)c1O)CCC(C)(C(=O)N1CCN(c3ccc(Cl)cc3)CC1)O2. The molecular formula is C24H29ClN2O3. The Morgan fingerprint density at radius 2 is 1.67 bits per heavy atom. The molecule has 0 bridgehead atoms. The van der Waals surface area contributed by atoms with Crippen molar-refractivity contribution < 1.29 is 14.6 Å². The Hall–Kier alpha value is -2.40. The highest BCUT2D eigenvalue weighted by Crippen LogP contribution is 2.43. The van der Waals surface area contributed by atoms with Gasteiger partial charge >= 0.3 is 0 Å². The van der Waals surface area contributed by atoms with E-state index in [2.05, 4.69) is 4.90 Å². The predicted octanol–water partition coefficient (Wildman–Crippen LogP) is 4.40. The fourth-order valence-corrected chi connectivity index (χ4v) is 4.68. The number of benzene rings is 2. The summed E-state index contributed by atoms with van der Waals surface area (Å²) in [7, 11) is 0. The standard InChI is InChI=1S/C24H29ClN2O3/c1-15-16(2)22-20(17(3)21(15)28)9-10-24(4,30-22)23(29)27-13-11-26(12-14-27)19-7-5-18(25)6-8-19/h5-8,28H,9-14H2,1-4H3. The van der Waals surface area contributed by atoms with Crippen LogP contribution in [0.3, 0.4) is 0 Å². The lowest BCUT2D eigenvalue weighted by Crippen LogP contribution is -2.57. The average Bonchev–Trinajstić information content (AvgIpc) is 2.76. The van der Waals surface area contributed by atoms with Crippen molar-refractivity contribution in [1.29, 1.82) is 0 Å². The third-order valence-corrected chi connectivity index (χ3v) is 6.98. The van der Waals surface area contributed by atoms with Gasteiger partial charge < -0.3 is 19.6 Å². The number of phenolic OH excluding ortho intramolecular Hbond substituents is 1. The molecule has 5 nitrogen and oxygen atoms in total. The van der Waals surface area contributed by atoms with Crippen molar-refractivity contribution in [2.45, 2.75) is 46.1 Å². The highest BCUT2D eigenvalue weighted by atomic mass is 35.5. The Kier molecular flexibility index (Phi) is 5.35. The molecule has 0 radical (unpaired) electrons. The van der Waals surface area contributed by atoms with E-state index in [9.17, 15) is 9.90 Å². The second kappa shape index (κ2) is 7.69. The normalized spacial score (nSPS) is 21.2. The maximum absolute atomic E-state index is 13.4. The molecule has 0 aliphatic carbocycles. The number of carbonyl (C=O) groups excluding carboxylic acids is 1. The number of phenols is 1. The van der Waals surface area contributed by atoms with Crippen LogP contribution in [0.25, 0.3) is 0 Å². The van der Waals surface area contributed by atoms with Crippen LogP contribution in [-0.4, -0.2) is 47.7 Å². The first-order valence-electron chi connectivity index (χ1n) is 10.5. The number of fused-ring (bicyclic) bond motifs is 1. The van der Waals surface area contributed by atoms with Crippen LogP contribution >= 0.6 is 11.6 Å². The Labute approximate surface area is 183 Å². The number of piperazine rings is 1.